The second-order valence-corrected chi connectivity index (χ2v) is 7.45. The molecule has 1 fully saturated rings. The van der Waals surface area contributed by atoms with Crippen molar-refractivity contribution in [1.29, 1.82) is 0 Å². The van der Waals surface area contributed by atoms with Gasteiger partial charge >= 0.3 is 0 Å². The molecule has 0 aliphatic carbocycles. The highest BCUT2D eigenvalue weighted by Crippen LogP contribution is 2.20. The van der Waals surface area contributed by atoms with Gasteiger partial charge in [-0.2, -0.15) is 0 Å². The number of H-pyrrole nitrogens is 1. The van der Waals surface area contributed by atoms with Crippen molar-refractivity contribution in [2.24, 2.45) is 0 Å². The molecule has 3 heterocycles. The molecular formula is C22H24N2O4. The number of pyridine rings is 1. The molecule has 2 aromatic heterocycles. The van der Waals surface area contributed by atoms with Gasteiger partial charge in [0.1, 0.15) is 0 Å². The Morgan fingerprint density at radius 2 is 2.07 bits per heavy atom. The number of aryl methyl sites for hydroxylation is 2. The van der Waals surface area contributed by atoms with Crippen molar-refractivity contribution in [3.8, 4) is 0 Å². The molecule has 0 saturated carbocycles. The lowest BCUT2D eigenvalue weighted by atomic mass is 10.0. The Labute approximate surface area is 163 Å². The van der Waals surface area contributed by atoms with Gasteiger partial charge in [-0.1, -0.05) is 0 Å². The van der Waals surface area contributed by atoms with Gasteiger partial charge in [-0.3, -0.25) is 9.59 Å². The van der Waals surface area contributed by atoms with E-state index in [2.05, 4.69) is 11.1 Å². The van der Waals surface area contributed by atoms with Gasteiger partial charge in [0.2, 0.25) is 0 Å². The molecule has 1 N–H and O–H groups in total. The first-order valence-electron chi connectivity index (χ1n) is 9.59. The second kappa shape index (κ2) is 7.64. The Hall–Kier alpha value is -2.86. The molecule has 1 atom stereocenters. The largest absolute Gasteiger partial charge is 0.459 e. The molecule has 1 aromatic carbocycles. The monoisotopic (exact) mass is 380 g/mol. The van der Waals surface area contributed by atoms with Crippen molar-refractivity contribution < 1.29 is 13.9 Å². The highest BCUT2D eigenvalue weighted by Gasteiger charge is 2.25. The van der Waals surface area contributed by atoms with Gasteiger partial charge in [-0.05, 0) is 73.5 Å². The number of ether oxygens (including phenoxy) is 1. The summed E-state index contributed by atoms with van der Waals surface area (Å²) < 4.78 is 11.0. The van der Waals surface area contributed by atoms with Gasteiger partial charge in [-0.15, -0.1) is 0 Å². The normalized spacial score (nSPS) is 16.6. The van der Waals surface area contributed by atoms with Crippen LogP contribution in [0.5, 0.6) is 0 Å². The fraction of sp³-hybridized carbons (Fsp3) is 0.364. The van der Waals surface area contributed by atoms with Crippen molar-refractivity contribution in [1.82, 2.24) is 9.88 Å². The average Bonchev–Trinajstić information content (AvgIpc) is 3.37. The van der Waals surface area contributed by atoms with Crippen molar-refractivity contribution in [2.75, 3.05) is 13.2 Å². The van der Waals surface area contributed by atoms with Crippen LogP contribution >= 0.6 is 0 Å². The number of furan rings is 1. The zero-order valence-electron chi connectivity index (χ0n) is 16.2. The van der Waals surface area contributed by atoms with Crippen LogP contribution in [0.4, 0.5) is 0 Å². The predicted molar refractivity (Wildman–Crippen MR) is 106 cm³/mol. The number of rotatable bonds is 5. The van der Waals surface area contributed by atoms with Crippen LogP contribution in [0.25, 0.3) is 10.9 Å². The van der Waals surface area contributed by atoms with E-state index in [1.807, 2.05) is 26.0 Å². The molecule has 1 aliphatic heterocycles. The van der Waals surface area contributed by atoms with E-state index >= 15 is 0 Å². The maximum atomic E-state index is 12.9. The van der Waals surface area contributed by atoms with Crippen molar-refractivity contribution >= 4 is 16.8 Å². The lowest BCUT2D eigenvalue weighted by Crippen LogP contribution is -2.38. The highest BCUT2D eigenvalue weighted by atomic mass is 16.5. The number of benzene rings is 1. The minimum absolute atomic E-state index is 0.0108. The molecule has 0 spiro atoms. The summed E-state index contributed by atoms with van der Waals surface area (Å²) in [4.78, 5) is 30.2. The van der Waals surface area contributed by atoms with Gasteiger partial charge in [-0.25, -0.2) is 0 Å². The minimum atomic E-state index is -0.236. The lowest BCUT2D eigenvalue weighted by molar-refractivity contribution is 0.0483. The number of carbonyl (C=O) groups is 1. The maximum Gasteiger partial charge on any atom is 0.289 e. The molecule has 0 bridgehead atoms. The molecule has 0 radical (unpaired) electrons. The minimum Gasteiger partial charge on any atom is -0.459 e. The summed E-state index contributed by atoms with van der Waals surface area (Å²) in [5.74, 6) is 0.0294. The number of nitrogens with one attached hydrogen (secondary N) is 1. The Kier molecular flexibility index (Phi) is 5.05. The number of carbonyl (C=O) groups excluding carboxylic acids is 1. The summed E-state index contributed by atoms with van der Waals surface area (Å²) in [6.45, 7) is 5.42. The molecule has 146 valence electrons. The summed E-state index contributed by atoms with van der Waals surface area (Å²) in [5, 5.41) is 0.959. The molecule has 4 rings (SSSR count). The molecule has 1 unspecified atom stereocenters. The third-order valence-electron chi connectivity index (χ3n) is 5.36. The molecule has 3 aromatic rings. The van der Waals surface area contributed by atoms with Gasteiger partial charge in [0.05, 0.1) is 18.9 Å². The summed E-state index contributed by atoms with van der Waals surface area (Å²) >= 11 is 0. The number of hydrogen-bond acceptors (Lipinski definition) is 4. The first kappa shape index (κ1) is 18.5. The third kappa shape index (κ3) is 3.73. The summed E-state index contributed by atoms with van der Waals surface area (Å²) in [6.07, 6.45) is 3.37. The van der Waals surface area contributed by atoms with E-state index in [0.717, 1.165) is 34.9 Å². The first-order valence-corrected chi connectivity index (χ1v) is 9.59. The topological polar surface area (TPSA) is 75.5 Å². The number of fused-ring (bicyclic) bond motifs is 1. The summed E-state index contributed by atoms with van der Waals surface area (Å²) in [5.41, 5.74) is 3.46. The lowest BCUT2D eigenvalue weighted by Gasteiger charge is -2.24. The van der Waals surface area contributed by atoms with E-state index < -0.39 is 0 Å². The zero-order chi connectivity index (χ0) is 19.7. The molecule has 1 saturated heterocycles. The molecular weight excluding hydrogens is 356 g/mol. The van der Waals surface area contributed by atoms with Gasteiger partial charge in [0.15, 0.2) is 5.76 Å². The van der Waals surface area contributed by atoms with E-state index in [-0.39, 0.29) is 29.9 Å². The van der Waals surface area contributed by atoms with Gasteiger partial charge < -0.3 is 19.0 Å². The molecule has 1 amide bonds. The Bertz CT molecular complexity index is 1050. The second-order valence-electron chi connectivity index (χ2n) is 7.45. The Balaban J connectivity index is 1.67. The molecule has 6 nitrogen and oxygen atoms in total. The standard InChI is InChI=1S/C22H24N2O4/c1-14-9-16-11-17(21(25)23-19(16)10-15(14)2)12-24(13-18-5-3-7-27-18)22(26)20-6-4-8-28-20/h4,6,8-11,18H,3,5,7,12-13H2,1-2H3,(H,23,25). The SMILES string of the molecule is Cc1cc2cc(CN(CC3CCCO3)C(=O)c3ccco3)c(=O)[nH]c2cc1C. The number of nitrogens with zero attached hydrogens (tertiary/aromatic N) is 1. The van der Waals surface area contributed by atoms with E-state index in [9.17, 15) is 9.59 Å². The highest BCUT2D eigenvalue weighted by molar-refractivity contribution is 5.91. The van der Waals surface area contributed by atoms with E-state index in [1.165, 1.54) is 6.26 Å². The van der Waals surface area contributed by atoms with Crippen molar-refractivity contribution in [3.63, 3.8) is 0 Å². The van der Waals surface area contributed by atoms with E-state index in [1.54, 1.807) is 17.0 Å². The number of aromatic amines is 1. The zero-order valence-corrected chi connectivity index (χ0v) is 16.2. The Morgan fingerprint density at radius 1 is 1.25 bits per heavy atom. The van der Waals surface area contributed by atoms with Crippen LogP contribution in [-0.2, 0) is 11.3 Å². The first-order chi connectivity index (χ1) is 13.5. The van der Waals surface area contributed by atoms with Gasteiger partial charge in [0, 0.05) is 24.2 Å². The van der Waals surface area contributed by atoms with Gasteiger partial charge in [0.25, 0.3) is 11.5 Å². The molecule has 1 aliphatic rings. The van der Waals surface area contributed by atoms with Crippen LogP contribution in [0, 0.1) is 13.8 Å². The quantitative estimate of drug-likeness (QED) is 0.734. The third-order valence-corrected chi connectivity index (χ3v) is 5.36. The molecule has 28 heavy (non-hydrogen) atoms. The van der Waals surface area contributed by atoms with Crippen LogP contribution in [0.3, 0.4) is 0 Å². The maximum absolute atomic E-state index is 12.9. The number of hydrogen-bond donors (Lipinski definition) is 1. The van der Waals surface area contributed by atoms with E-state index in [4.69, 9.17) is 9.15 Å². The van der Waals surface area contributed by atoms with Crippen LogP contribution < -0.4 is 5.56 Å². The smallest absolute Gasteiger partial charge is 0.289 e. The average molecular weight is 380 g/mol. The van der Waals surface area contributed by atoms with Crippen molar-refractivity contribution in [3.05, 3.63) is 69.4 Å². The molecule has 6 heteroatoms. The van der Waals surface area contributed by atoms with Crippen molar-refractivity contribution in [2.45, 2.75) is 39.3 Å². The Morgan fingerprint density at radius 3 is 2.79 bits per heavy atom. The predicted octanol–water partition coefficient (Wildman–Crippen LogP) is 3.56. The van der Waals surface area contributed by atoms with Crippen LogP contribution in [-0.4, -0.2) is 35.0 Å². The fourth-order valence-corrected chi connectivity index (χ4v) is 3.65. The number of amides is 1. The summed E-state index contributed by atoms with van der Waals surface area (Å²) in [7, 11) is 0. The fourth-order valence-electron chi connectivity index (χ4n) is 3.65. The summed E-state index contributed by atoms with van der Waals surface area (Å²) in [6, 6.07) is 9.24. The van der Waals surface area contributed by atoms with E-state index in [0.29, 0.717) is 18.7 Å². The van der Waals surface area contributed by atoms with Crippen LogP contribution in [0.2, 0.25) is 0 Å². The number of aromatic nitrogens is 1. The van der Waals surface area contributed by atoms with Crippen LogP contribution in [0.1, 0.15) is 40.1 Å². The van der Waals surface area contributed by atoms with Crippen LogP contribution in [0.15, 0.2) is 45.8 Å².